The smallest absolute Gasteiger partial charge is 0.264 e. The van der Waals surface area contributed by atoms with E-state index < -0.39 is 0 Å². The number of nitrogens with zero attached hydrogens (tertiary/aromatic N) is 3. The van der Waals surface area contributed by atoms with E-state index in [-0.39, 0.29) is 6.61 Å². The minimum Gasteiger partial charge on any atom is -0.483 e. The molecule has 21 heavy (non-hydrogen) atoms. The molecule has 3 rings (SSSR count). The van der Waals surface area contributed by atoms with Gasteiger partial charge in [-0.2, -0.15) is 4.98 Å². The van der Waals surface area contributed by atoms with Gasteiger partial charge in [0.1, 0.15) is 5.75 Å². The largest absolute Gasteiger partial charge is 0.483 e. The van der Waals surface area contributed by atoms with Crippen LogP contribution < -0.4 is 4.74 Å². The second-order valence-electron chi connectivity index (χ2n) is 4.73. The molecule has 2 aromatic heterocycles. The summed E-state index contributed by atoms with van der Waals surface area (Å²) >= 11 is 0. The molecule has 0 saturated carbocycles. The lowest BCUT2D eigenvalue weighted by Crippen LogP contribution is -1.98. The number of rotatable bonds is 4. The summed E-state index contributed by atoms with van der Waals surface area (Å²) in [6.45, 7) is 4.33. The third-order valence-electron chi connectivity index (χ3n) is 3.31. The lowest BCUT2D eigenvalue weighted by atomic mass is 10.1. The molecular weight excluding hydrogens is 266 g/mol. The Morgan fingerprint density at radius 2 is 1.90 bits per heavy atom. The lowest BCUT2D eigenvalue weighted by Gasteiger charge is -2.08. The van der Waals surface area contributed by atoms with Gasteiger partial charge in [-0.05, 0) is 43.2 Å². The number of hydrogen-bond donors (Lipinski definition) is 0. The molecule has 0 unspecified atom stereocenters. The Hall–Kier alpha value is -2.69. The SMILES string of the molecule is Cc1cccc(OCc2nc(-c3ccncc3)no2)c1C. The summed E-state index contributed by atoms with van der Waals surface area (Å²) < 4.78 is 10.9. The van der Waals surface area contributed by atoms with E-state index in [1.807, 2.05) is 31.2 Å². The van der Waals surface area contributed by atoms with Crippen molar-refractivity contribution in [2.75, 3.05) is 0 Å². The van der Waals surface area contributed by atoms with Crippen molar-refractivity contribution in [1.82, 2.24) is 15.1 Å². The Morgan fingerprint density at radius 1 is 1.10 bits per heavy atom. The highest BCUT2D eigenvalue weighted by Crippen LogP contribution is 2.22. The van der Waals surface area contributed by atoms with Crippen molar-refractivity contribution in [3.8, 4) is 17.1 Å². The minimum absolute atomic E-state index is 0.252. The van der Waals surface area contributed by atoms with Crippen LogP contribution in [0.5, 0.6) is 5.75 Å². The molecular formula is C16H15N3O2. The summed E-state index contributed by atoms with van der Waals surface area (Å²) in [5, 5.41) is 3.94. The first-order chi connectivity index (χ1) is 10.2. The van der Waals surface area contributed by atoms with Gasteiger partial charge < -0.3 is 9.26 Å². The zero-order chi connectivity index (χ0) is 14.7. The van der Waals surface area contributed by atoms with Crippen LogP contribution in [0.4, 0.5) is 0 Å². The molecule has 106 valence electrons. The van der Waals surface area contributed by atoms with E-state index in [1.54, 1.807) is 12.4 Å². The van der Waals surface area contributed by atoms with Crippen molar-refractivity contribution in [2.45, 2.75) is 20.5 Å². The number of aryl methyl sites for hydroxylation is 1. The molecule has 0 aliphatic rings. The van der Waals surface area contributed by atoms with Crippen LogP contribution in [-0.2, 0) is 6.61 Å². The second kappa shape index (κ2) is 5.75. The third-order valence-corrected chi connectivity index (χ3v) is 3.31. The van der Waals surface area contributed by atoms with E-state index >= 15 is 0 Å². The number of benzene rings is 1. The fraction of sp³-hybridized carbons (Fsp3) is 0.188. The average molecular weight is 281 g/mol. The van der Waals surface area contributed by atoms with Crippen LogP contribution >= 0.6 is 0 Å². The molecule has 0 atom stereocenters. The van der Waals surface area contributed by atoms with Crippen molar-refractivity contribution in [3.05, 3.63) is 59.7 Å². The molecule has 5 heteroatoms. The number of hydrogen-bond acceptors (Lipinski definition) is 5. The Balaban J connectivity index is 1.72. The van der Waals surface area contributed by atoms with Crippen LogP contribution in [0, 0.1) is 13.8 Å². The van der Waals surface area contributed by atoms with E-state index in [2.05, 4.69) is 28.1 Å². The van der Waals surface area contributed by atoms with Crippen LogP contribution in [0.25, 0.3) is 11.4 Å². The van der Waals surface area contributed by atoms with E-state index in [1.165, 1.54) is 5.56 Å². The lowest BCUT2D eigenvalue weighted by molar-refractivity contribution is 0.241. The summed E-state index contributed by atoms with van der Waals surface area (Å²) in [5.74, 6) is 1.82. The molecule has 0 fully saturated rings. The number of pyridine rings is 1. The molecule has 0 N–H and O–H groups in total. The maximum Gasteiger partial charge on any atom is 0.264 e. The monoisotopic (exact) mass is 281 g/mol. The van der Waals surface area contributed by atoms with Gasteiger partial charge in [0.05, 0.1) is 0 Å². The fourth-order valence-electron chi connectivity index (χ4n) is 1.95. The predicted molar refractivity (Wildman–Crippen MR) is 77.8 cm³/mol. The third kappa shape index (κ3) is 2.91. The molecule has 0 aliphatic carbocycles. The van der Waals surface area contributed by atoms with Gasteiger partial charge in [-0.1, -0.05) is 17.3 Å². The first-order valence-electron chi connectivity index (χ1n) is 6.66. The maximum absolute atomic E-state index is 5.74. The standard InChI is InChI=1S/C16H15N3O2/c1-11-4-3-5-14(12(11)2)20-10-15-18-16(19-21-15)13-6-8-17-9-7-13/h3-9H,10H2,1-2H3. The molecule has 0 saturated heterocycles. The van der Waals surface area contributed by atoms with Crippen molar-refractivity contribution in [3.63, 3.8) is 0 Å². The fourth-order valence-corrected chi connectivity index (χ4v) is 1.95. The number of aromatic nitrogens is 3. The topological polar surface area (TPSA) is 61.0 Å². The second-order valence-corrected chi connectivity index (χ2v) is 4.73. The average Bonchev–Trinajstić information content (AvgIpc) is 2.99. The summed E-state index contributed by atoms with van der Waals surface area (Å²) in [5.41, 5.74) is 3.17. The van der Waals surface area contributed by atoms with Crippen LogP contribution in [0.3, 0.4) is 0 Å². The minimum atomic E-state index is 0.252. The van der Waals surface area contributed by atoms with E-state index in [0.717, 1.165) is 16.9 Å². The first kappa shape index (κ1) is 13.3. The van der Waals surface area contributed by atoms with Crippen molar-refractivity contribution < 1.29 is 9.26 Å². The first-order valence-corrected chi connectivity index (χ1v) is 6.66. The van der Waals surface area contributed by atoms with E-state index in [9.17, 15) is 0 Å². The van der Waals surface area contributed by atoms with Crippen LogP contribution in [0.2, 0.25) is 0 Å². The van der Waals surface area contributed by atoms with Gasteiger partial charge >= 0.3 is 0 Å². The number of ether oxygens (including phenoxy) is 1. The van der Waals surface area contributed by atoms with E-state index in [0.29, 0.717) is 11.7 Å². The summed E-state index contributed by atoms with van der Waals surface area (Å²) in [6, 6.07) is 9.62. The normalized spacial score (nSPS) is 10.6. The van der Waals surface area contributed by atoms with Crippen molar-refractivity contribution in [2.24, 2.45) is 0 Å². The zero-order valence-electron chi connectivity index (χ0n) is 11.9. The van der Waals surface area contributed by atoms with Gasteiger partial charge in [0.2, 0.25) is 5.82 Å². The van der Waals surface area contributed by atoms with Gasteiger partial charge in [-0.25, -0.2) is 0 Å². The molecule has 2 heterocycles. The Labute approximate surface area is 122 Å². The highest BCUT2D eigenvalue weighted by atomic mass is 16.5. The molecule has 1 aromatic carbocycles. The van der Waals surface area contributed by atoms with E-state index in [4.69, 9.17) is 9.26 Å². The molecule has 5 nitrogen and oxygen atoms in total. The molecule has 0 aliphatic heterocycles. The Bertz CT molecular complexity index is 738. The molecule has 0 bridgehead atoms. The Kier molecular flexibility index (Phi) is 3.64. The molecule has 3 aromatic rings. The summed E-state index contributed by atoms with van der Waals surface area (Å²) in [4.78, 5) is 8.28. The summed E-state index contributed by atoms with van der Waals surface area (Å²) in [6.07, 6.45) is 3.38. The maximum atomic E-state index is 5.74. The van der Waals surface area contributed by atoms with Crippen LogP contribution in [-0.4, -0.2) is 15.1 Å². The van der Waals surface area contributed by atoms with Crippen LogP contribution in [0.1, 0.15) is 17.0 Å². The van der Waals surface area contributed by atoms with Crippen molar-refractivity contribution >= 4 is 0 Å². The zero-order valence-corrected chi connectivity index (χ0v) is 11.9. The highest BCUT2D eigenvalue weighted by Gasteiger charge is 2.10. The highest BCUT2D eigenvalue weighted by molar-refractivity contribution is 5.52. The molecule has 0 radical (unpaired) electrons. The van der Waals surface area contributed by atoms with Gasteiger partial charge in [0, 0.05) is 18.0 Å². The molecule has 0 amide bonds. The van der Waals surface area contributed by atoms with Crippen molar-refractivity contribution in [1.29, 1.82) is 0 Å². The van der Waals surface area contributed by atoms with Gasteiger partial charge in [0.25, 0.3) is 5.89 Å². The van der Waals surface area contributed by atoms with Gasteiger partial charge in [-0.15, -0.1) is 0 Å². The molecule has 0 spiro atoms. The summed E-state index contributed by atoms with van der Waals surface area (Å²) in [7, 11) is 0. The van der Waals surface area contributed by atoms with Gasteiger partial charge in [-0.3, -0.25) is 4.98 Å². The quantitative estimate of drug-likeness (QED) is 0.734. The Morgan fingerprint density at radius 3 is 2.71 bits per heavy atom. The van der Waals surface area contributed by atoms with Crippen LogP contribution in [0.15, 0.2) is 47.2 Å². The predicted octanol–water partition coefficient (Wildman–Crippen LogP) is 3.33. The van der Waals surface area contributed by atoms with Gasteiger partial charge in [0.15, 0.2) is 6.61 Å².